The number of rotatable bonds is 5. The topological polar surface area (TPSA) is 46.6 Å². The predicted molar refractivity (Wildman–Crippen MR) is 102 cm³/mol. The molecule has 0 amide bonds. The Morgan fingerprint density at radius 1 is 1.00 bits per heavy atom. The fourth-order valence-corrected chi connectivity index (χ4v) is 4.30. The van der Waals surface area contributed by atoms with Gasteiger partial charge >= 0.3 is 0 Å². The van der Waals surface area contributed by atoms with Crippen LogP contribution in [0.1, 0.15) is 30.1 Å². The Bertz CT molecular complexity index is 845. The number of ether oxygens (including phenoxy) is 1. The first-order chi connectivity index (χ1) is 12.5. The van der Waals surface area contributed by atoms with E-state index in [2.05, 4.69) is 29.2 Å². The maximum absolute atomic E-state index is 11.6. The Morgan fingerprint density at radius 2 is 1.69 bits per heavy atom. The number of morpholine rings is 1. The zero-order chi connectivity index (χ0) is 18.1. The van der Waals surface area contributed by atoms with Crippen molar-refractivity contribution in [1.29, 1.82) is 0 Å². The van der Waals surface area contributed by atoms with Gasteiger partial charge < -0.3 is 4.74 Å². The van der Waals surface area contributed by atoms with Gasteiger partial charge in [-0.15, -0.1) is 0 Å². The van der Waals surface area contributed by atoms with Crippen molar-refractivity contribution in [3.8, 4) is 0 Å². The van der Waals surface area contributed by atoms with Gasteiger partial charge in [0, 0.05) is 25.9 Å². The molecule has 4 rings (SSSR count). The molecule has 1 saturated carbocycles. The summed E-state index contributed by atoms with van der Waals surface area (Å²) in [6.45, 7) is 2.63. The minimum absolute atomic E-state index is 0.103. The average molecular weight is 372 g/mol. The minimum Gasteiger partial charge on any atom is -0.367 e. The zero-order valence-corrected chi connectivity index (χ0v) is 15.9. The van der Waals surface area contributed by atoms with Gasteiger partial charge in [-0.2, -0.15) is 0 Å². The molecule has 2 atom stereocenters. The Morgan fingerprint density at radius 3 is 2.31 bits per heavy atom. The Balaban J connectivity index is 1.49. The van der Waals surface area contributed by atoms with Crippen molar-refractivity contribution >= 4 is 9.84 Å². The standard InChI is InChI=1S/C21H25NO3S/c1-26(23,24)19-11-7-16(8-12-19)13-22-14-20(17-5-3-2-4-6-17)25-21(15-22)18-9-10-18/h2-8,11-12,18,20-21H,9-10,13-15H2,1H3/t20-,21+/m0/s1. The Labute approximate surface area is 155 Å². The number of hydrogen-bond donors (Lipinski definition) is 0. The molecule has 2 aromatic carbocycles. The van der Waals surface area contributed by atoms with E-state index in [1.807, 2.05) is 18.2 Å². The van der Waals surface area contributed by atoms with Crippen LogP contribution >= 0.6 is 0 Å². The van der Waals surface area contributed by atoms with Crippen molar-refractivity contribution in [3.63, 3.8) is 0 Å². The number of nitrogens with zero attached hydrogens (tertiary/aromatic N) is 1. The first-order valence-corrected chi connectivity index (χ1v) is 11.1. The Kier molecular flexibility index (Phi) is 4.86. The summed E-state index contributed by atoms with van der Waals surface area (Å²) in [4.78, 5) is 2.82. The lowest BCUT2D eigenvalue weighted by Crippen LogP contribution is -2.44. The smallest absolute Gasteiger partial charge is 0.175 e. The highest BCUT2D eigenvalue weighted by Gasteiger charge is 2.38. The second-order valence-electron chi connectivity index (χ2n) is 7.52. The molecule has 1 aliphatic heterocycles. The fourth-order valence-electron chi connectivity index (χ4n) is 3.67. The average Bonchev–Trinajstić information content (AvgIpc) is 3.47. The van der Waals surface area contributed by atoms with Crippen LogP contribution in [0.2, 0.25) is 0 Å². The molecule has 2 aliphatic rings. The van der Waals surface area contributed by atoms with Crippen molar-refractivity contribution in [2.75, 3.05) is 19.3 Å². The van der Waals surface area contributed by atoms with E-state index in [0.717, 1.165) is 25.2 Å². The van der Waals surface area contributed by atoms with Gasteiger partial charge in [-0.3, -0.25) is 4.90 Å². The molecule has 0 bridgehead atoms. The van der Waals surface area contributed by atoms with Crippen LogP contribution in [0.15, 0.2) is 59.5 Å². The summed E-state index contributed by atoms with van der Waals surface area (Å²) in [5.74, 6) is 0.691. The third-order valence-electron chi connectivity index (χ3n) is 5.28. The summed E-state index contributed by atoms with van der Waals surface area (Å²) in [7, 11) is -3.14. The number of sulfone groups is 1. The SMILES string of the molecule is CS(=O)(=O)c1ccc(CN2C[C@@H](c3ccccc3)O[C@@H](C3CC3)C2)cc1. The molecular weight excluding hydrogens is 346 g/mol. The van der Waals surface area contributed by atoms with Crippen LogP contribution in [0.25, 0.3) is 0 Å². The third kappa shape index (κ3) is 4.17. The summed E-state index contributed by atoms with van der Waals surface area (Å²) in [6.07, 6.45) is 4.18. The van der Waals surface area contributed by atoms with Gasteiger partial charge in [-0.25, -0.2) is 8.42 Å². The maximum atomic E-state index is 11.6. The van der Waals surface area contributed by atoms with Gasteiger partial charge in [0.2, 0.25) is 0 Å². The molecular formula is C21H25NO3S. The maximum Gasteiger partial charge on any atom is 0.175 e. The summed E-state index contributed by atoms with van der Waals surface area (Å²) >= 11 is 0. The number of hydrogen-bond acceptors (Lipinski definition) is 4. The van der Waals surface area contributed by atoms with Crippen molar-refractivity contribution in [2.45, 2.75) is 36.5 Å². The molecule has 0 aromatic heterocycles. The van der Waals surface area contributed by atoms with Crippen molar-refractivity contribution in [1.82, 2.24) is 4.90 Å². The van der Waals surface area contributed by atoms with Crippen molar-refractivity contribution in [3.05, 3.63) is 65.7 Å². The second kappa shape index (κ2) is 7.14. The van der Waals surface area contributed by atoms with Crippen LogP contribution in [0, 0.1) is 5.92 Å². The van der Waals surface area contributed by atoms with Crippen molar-refractivity contribution in [2.24, 2.45) is 5.92 Å². The highest BCUT2D eigenvalue weighted by molar-refractivity contribution is 7.90. The molecule has 0 radical (unpaired) electrons. The Hall–Kier alpha value is -1.69. The van der Waals surface area contributed by atoms with E-state index in [9.17, 15) is 8.42 Å². The molecule has 138 valence electrons. The van der Waals surface area contributed by atoms with E-state index in [0.29, 0.717) is 16.9 Å². The van der Waals surface area contributed by atoms with Crippen LogP contribution < -0.4 is 0 Å². The predicted octanol–water partition coefficient (Wildman–Crippen LogP) is 3.44. The lowest BCUT2D eigenvalue weighted by molar-refractivity contribution is -0.0986. The van der Waals surface area contributed by atoms with Gasteiger partial charge in [0.25, 0.3) is 0 Å². The normalized spacial score (nSPS) is 24.5. The highest BCUT2D eigenvalue weighted by Crippen LogP contribution is 2.39. The molecule has 4 nitrogen and oxygen atoms in total. The lowest BCUT2D eigenvalue weighted by Gasteiger charge is -2.38. The van der Waals surface area contributed by atoms with Crippen LogP contribution in [0.5, 0.6) is 0 Å². The minimum atomic E-state index is -3.14. The molecule has 1 aliphatic carbocycles. The molecule has 2 aromatic rings. The summed E-state index contributed by atoms with van der Waals surface area (Å²) < 4.78 is 29.7. The van der Waals surface area contributed by atoms with Crippen LogP contribution in [0.3, 0.4) is 0 Å². The van der Waals surface area contributed by atoms with Crippen molar-refractivity contribution < 1.29 is 13.2 Å². The van der Waals surface area contributed by atoms with Gasteiger partial charge in [-0.05, 0) is 42.0 Å². The van der Waals surface area contributed by atoms with Crippen LogP contribution in [-0.4, -0.2) is 38.8 Å². The van der Waals surface area contributed by atoms with E-state index in [1.165, 1.54) is 24.7 Å². The van der Waals surface area contributed by atoms with E-state index in [1.54, 1.807) is 12.1 Å². The van der Waals surface area contributed by atoms with E-state index < -0.39 is 9.84 Å². The van der Waals surface area contributed by atoms with Gasteiger partial charge in [0.15, 0.2) is 9.84 Å². The molecule has 0 unspecified atom stereocenters. The monoisotopic (exact) mass is 371 g/mol. The van der Waals surface area contributed by atoms with Gasteiger partial charge in [-0.1, -0.05) is 42.5 Å². The second-order valence-corrected chi connectivity index (χ2v) is 9.54. The lowest BCUT2D eigenvalue weighted by atomic mass is 10.0. The molecule has 26 heavy (non-hydrogen) atoms. The highest BCUT2D eigenvalue weighted by atomic mass is 32.2. The summed E-state index contributed by atoms with van der Waals surface area (Å²) in [5.41, 5.74) is 2.37. The van der Waals surface area contributed by atoms with Gasteiger partial charge in [0.05, 0.1) is 17.1 Å². The van der Waals surface area contributed by atoms with Crippen LogP contribution in [0.4, 0.5) is 0 Å². The van der Waals surface area contributed by atoms with E-state index >= 15 is 0 Å². The molecule has 0 spiro atoms. The molecule has 1 heterocycles. The van der Waals surface area contributed by atoms with Crippen LogP contribution in [-0.2, 0) is 21.1 Å². The quantitative estimate of drug-likeness (QED) is 0.808. The fraction of sp³-hybridized carbons (Fsp3) is 0.429. The molecule has 1 saturated heterocycles. The molecule has 0 N–H and O–H groups in total. The largest absolute Gasteiger partial charge is 0.367 e. The zero-order valence-electron chi connectivity index (χ0n) is 15.0. The molecule has 2 fully saturated rings. The third-order valence-corrected chi connectivity index (χ3v) is 6.41. The first kappa shape index (κ1) is 17.7. The molecule has 5 heteroatoms. The summed E-state index contributed by atoms with van der Waals surface area (Å²) in [6, 6.07) is 17.7. The first-order valence-electron chi connectivity index (χ1n) is 9.21. The number of benzene rings is 2. The van der Waals surface area contributed by atoms with Gasteiger partial charge in [0.1, 0.15) is 0 Å². The van der Waals surface area contributed by atoms with E-state index in [-0.39, 0.29) is 6.10 Å². The summed E-state index contributed by atoms with van der Waals surface area (Å²) in [5, 5.41) is 0. The van der Waals surface area contributed by atoms with E-state index in [4.69, 9.17) is 4.74 Å².